The lowest BCUT2D eigenvalue weighted by Crippen LogP contribution is -2.50. The number of hydrogen-bond acceptors (Lipinski definition) is 5. The number of amides is 1. The summed E-state index contributed by atoms with van der Waals surface area (Å²) >= 11 is 9.28. The molecule has 0 aromatic heterocycles. The van der Waals surface area contributed by atoms with E-state index in [0.717, 1.165) is 6.07 Å². The summed E-state index contributed by atoms with van der Waals surface area (Å²) in [6.07, 6.45) is 0. The van der Waals surface area contributed by atoms with Gasteiger partial charge in [-0.05, 0) is 40.2 Å². The highest BCUT2D eigenvalue weighted by Gasteiger charge is 2.31. The van der Waals surface area contributed by atoms with Crippen LogP contribution in [0.5, 0.6) is 0 Å². The second-order valence-electron chi connectivity index (χ2n) is 6.07. The number of piperazine rings is 1. The highest BCUT2D eigenvalue weighted by molar-refractivity contribution is 9.10. The minimum Gasteiger partial charge on any atom is -0.336 e. The molecule has 0 spiro atoms. The van der Waals surface area contributed by atoms with Gasteiger partial charge in [0.05, 0.1) is 15.4 Å². The average molecular weight is 489 g/mol. The van der Waals surface area contributed by atoms with Crippen molar-refractivity contribution in [3.63, 3.8) is 0 Å². The van der Waals surface area contributed by atoms with E-state index in [1.807, 2.05) is 0 Å². The van der Waals surface area contributed by atoms with Gasteiger partial charge in [0.2, 0.25) is 10.0 Å². The third-order valence-corrected chi connectivity index (χ3v) is 7.17. The molecule has 0 N–H and O–H groups in total. The molecule has 28 heavy (non-hydrogen) atoms. The molecule has 1 aliphatic rings. The third-order valence-electron chi connectivity index (χ3n) is 4.35. The molecule has 148 valence electrons. The number of rotatable bonds is 4. The van der Waals surface area contributed by atoms with E-state index >= 15 is 0 Å². The number of hydrogen-bond donors (Lipinski definition) is 0. The Hall–Kier alpha value is -2.01. The fourth-order valence-corrected chi connectivity index (χ4v) is 4.92. The average Bonchev–Trinajstić information content (AvgIpc) is 2.69. The Morgan fingerprint density at radius 1 is 1.11 bits per heavy atom. The predicted octanol–water partition coefficient (Wildman–Crippen LogP) is 3.16. The van der Waals surface area contributed by atoms with Crippen LogP contribution in [-0.2, 0) is 10.0 Å². The monoisotopic (exact) mass is 487 g/mol. The molecule has 1 heterocycles. The molecule has 1 fully saturated rings. The van der Waals surface area contributed by atoms with Crippen LogP contribution in [0, 0.1) is 10.1 Å². The number of non-ortho nitro benzene ring substituents is 1. The zero-order chi connectivity index (χ0) is 20.5. The van der Waals surface area contributed by atoms with Crippen molar-refractivity contribution in [2.75, 3.05) is 26.2 Å². The summed E-state index contributed by atoms with van der Waals surface area (Å²) in [7, 11) is -3.89. The molecular formula is C17H15BrClN3O5S. The Balaban J connectivity index is 1.74. The highest BCUT2D eigenvalue weighted by Crippen LogP contribution is 2.25. The Morgan fingerprint density at radius 2 is 1.79 bits per heavy atom. The second-order valence-corrected chi connectivity index (χ2v) is 9.30. The van der Waals surface area contributed by atoms with Crippen molar-refractivity contribution in [2.24, 2.45) is 0 Å². The normalized spacial score (nSPS) is 15.4. The van der Waals surface area contributed by atoms with E-state index in [1.54, 1.807) is 23.1 Å². The van der Waals surface area contributed by atoms with Crippen LogP contribution in [0.4, 0.5) is 5.69 Å². The first-order chi connectivity index (χ1) is 13.2. The minimum atomic E-state index is -3.89. The summed E-state index contributed by atoms with van der Waals surface area (Å²) in [5, 5.41) is 11.3. The standard InChI is InChI=1S/C17H15BrClN3O5S/c18-16-5-4-12(19)10-15(16)17(23)20-6-8-21(9-7-20)28(26,27)14-3-1-2-13(11-14)22(24)25/h1-5,10-11H,6-9H2. The quantitative estimate of drug-likeness (QED) is 0.486. The number of benzene rings is 2. The molecule has 0 bridgehead atoms. The topological polar surface area (TPSA) is 101 Å². The number of sulfonamides is 1. The summed E-state index contributed by atoms with van der Waals surface area (Å²) in [6.45, 7) is 0.585. The molecule has 8 nitrogen and oxygen atoms in total. The van der Waals surface area contributed by atoms with Gasteiger partial charge in [0, 0.05) is 47.8 Å². The highest BCUT2D eigenvalue weighted by atomic mass is 79.9. The Morgan fingerprint density at radius 3 is 2.43 bits per heavy atom. The van der Waals surface area contributed by atoms with E-state index < -0.39 is 14.9 Å². The predicted molar refractivity (Wildman–Crippen MR) is 107 cm³/mol. The summed E-state index contributed by atoms with van der Waals surface area (Å²) < 4.78 is 27.4. The van der Waals surface area contributed by atoms with Crippen LogP contribution >= 0.6 is 27.5 Å². The first-order valence-corrected chi connectivity index (χ1v) is 10.8. The van der Waals surface area contributed by atoms with Gasteiger partial charge in [0.1, 0.15) is 0 Å². The number of nitro groups is 1. The molecule has 0 radical (unpaired) electrons. The summed E-state index contributed by atoms with van der Waals surface area (Å²) in [4.78, 5) is 24.4. The van der Waals surface area contributed by atoms with E-state index in [1.165, 1.54) is 22.5 Å². The summed E-state index contributed by atoms with van der Waals surface area (Å²) in [6, 6.07) is 9.82. The van der Waals surface area contributed by atoms with Gasteiger partial charge in [-0.25, -0.2) is 8.42 Å². The minimum absolute atomic E-state index is 0.0922. The fraction of sp³-hybridized carbons (Fsp3) is 0.235. The van der Waals surface area contributed by atoms with E-state index in [9.17, 15) is 23.3 Å². The lowest BCUT2D eigenvalue weighted by atomic mass is 10.2. The van der Waals surface area contributed by atoms with Gasteiger partial charge in [-0.1, -0.05) is 17.7 Å². The fourth-order valence-electron chi connectivity index (χ4n) is 2.87. The Kier molecular flexibility index (Phi) is 6.04. The lowest BCUT2D eigenvalue weighted by molar-refractivity contribution is -0.385. The Bertz CT molecular complexity index is 1040. The van der Waals surface area contributed by atoms with Crippen molar-refractivity contribution in [1.29, 1.82) is 0 Å². The zero-order valence-corrected chi connectivity index (χ0v) is 17.6. The van der Waals surface area contributed by atoms with Crippen LogP contribution in [0.15, 0.2) is 51.8 Å². The molecule has 0 atom stereocenters. The van der Waals surface area contributed by atoms with Crippen molar-refractivity contribution in [1.82, 2.24) is 9.21 Å². The van der Waals surface area contributed by atoms with Crippen LogP contribution in [0.2, 0.25) is 5.02 Å². The summed E-state index contributed by atoms with van der Waals surface area (Å²) in [5.41, 5.74) is 0.114. The van der Waals surface area contributed by atoms with Crippen molar-refractivity contribution >= 4 is 49.1 Å². The van der Waals surface area contributed by atoms with Crippen molar-refractivity contribution in [2.45, 2.75) is 4.90 Å². The summed E-state index contributed by atoms with van der Waals surface area (Å²) in [5.74, 6) is -0.248. The maximum atomic E-state index is 12.8. The van der Waals surface area contributed by atoms with Gasteiger partial charge >= 0.3 is 0 Å². The van der Waals surface area contributed by atoms with Gasteiger partial charge in [0.15, 0.2) is 0 Å². The van der Waals surface area contributed by atoms with Crippen LogP contribution in [0.3, 0.4) is 0 Å². The SMILES string of the molecule is O=C(c1cc(Cl)ccc1Br)N1CCN(S(=O)(=O)c2cccc([N+](=O)[O-])c2)CC1. The molecule has 0 aliphatic carbocycles. The number of nitro benzene ring substituents is 1. The van der Waals surface area contributed by atoms with Gasteiger partial charge in [-0.2, -0.15) is 4.31 Å². The number of halogens is 2. The molecule has 0 saturated carbocycles. The largest absolute Gasteiger partial charge is 0.336 e. The van der Waals surface area contributed by atoms with E-state index in [-0.39, 0.29) is 42.7 Å². The van der Waals surface area contributed by atoms with E-state index in [4.69, 9.17) is 11.6 Å². The Labute approximate surface area is 175 Å². The van der Waals surface area contributed by atoms with Crippen molar-refractivity contribution in [3.8, 4) is 0 Å². The van der Waals surface area contributed by atoms with Gasteiger partial charge in [-0.3, -0.25) is 14.9 Å². The van der Waals surface area contributed by atoms with E-state index in [0.29, 0.717) is 15.1 Å². The molecule has 2 aromatic rings. The van der Waals surface area contributed by atoms with Crippen LogP contribution in [-0.4, -0.2) is 54.6 Å². The van der Waals surface area contributed by atoms with Gasteiger partial charge < -0.3 is 4.90 Å². The van der Waals surface area contributed by atoms with Crippen LogP contribution in [0.1, 0.15) is 10.4 Å². The first-order valence-electron chi connectivity index (χ1n) is 8.19. The van der Waals surface area contributed by atoms with Crippen LogP contribution < -0.4 is 0 Å². The number of carbonyl (C=O) groups excluding carboxylic acids is 1. The molecule has 1 saturated heterocycles. The molecule has 1 amide bonds. The lowest BCUT2D eigenvalue weighted by Gasteiger charge is -2.34. The molecule has 3 rings (SSSR count). The molecule has 2 aromatic carbocycles. The first kappa shape index (κ1) is 20.7. The van der Waals surface area contributed by atoms with Crippen molar-refractivity contribution in [3.05, 3.63) is 67.6 Å². The molecule has 1 aliphatic heterocycles. The van der Waals surface area contributed by atoms with E-state index in [2.05, 4.69) is 15.9 Å². The second kappa shape index (κ2) is 8.16. The maximum absolute atomic E-state index is 12.8. The molecule has 11 heteroatoms. The number of carbonyl (C=O) groups is 1. The van der Waals surface area contributed by atoms with Gasteiger partial charge in [0.25, 0.3) is 11.6 Å². The maximum Gasteiger partial charge on any atom is 0.270 e. The van der Waals surface area contributed by atoms with Crippen molar-refractivity contribution < 1.29 is 18.1 Å². The number of nitrogens with zero attached hydrogens (tertiary/aromatic N) is 3. The van der Waals surface area contributed by atoms with Gasteiger partial charge in [-0.15, -0.1) is 0 Å². The third kappa shape index (κ3) is 4.19. The zero-order valence-electron chi connectivity index (χ0n) is 14.4. The smallest absolute Gasteiger partial charge is 0.270 e. The van der Waals surface area contributed by atoms with Crippen LogP contribution in [0.25, 0.3) is 0 Å². The molecular weight excluding hydrogens is 474 g/mol. The molecule has 0 unspecified atom stereocenters.